The predicted molar refractivity (Wildman–Crippen MR) is 105 cm³/mol. The van der Waals surface area contributed by atoms with Crippen molar-refractivity contribution < 1.29 is 4.74 Å². The fourth-order valence-electron chi connectivity index (χ4n) is 2.97. The van der Waals surface area contributed by atoms with Crippen LogP contribution in [0, 0.1) is 0 Å². The molecule has 4 rings (SSSR count). The van der Waals surface area contributed by atoms with E-state index in [1.807, 2.05) is 42.5 Å². The fourth-order valence-corrected chi connectivity index (χ4v) is 3.89. The van der Waals surface area contributed by atoms with Gasteiger partial charge in [-0.1, -0.05) is 78.9 Å². The average Bonchev–Trinajstić information content (AvgIpc) is 3.14. The highest BCUT2D eigenvalue weighted by molar-refractivity contribution is 7.10. The number of nitrogens with zero attached hydrogens (tertiary/aromatic N) is 1. The van der Waals surface area contributed by atoms with Crippen LogP contribution in [-0.2, 0) is 0 Å². The maximum absolute atomic E-state index is 5.63. The van der Waals surface area contributed by atoms with E-state index in [4.69, 9.17) is 9.11 Å². The number of benzene rings is 3. The van der Waals surface area contributed by atoms with Crippen molar-refractivity contribution in [2.45, 2.75) is 0 Å². The second-order valence-corrected chi connectivity index (χ2v) is 6.44. The van der Waals surface area contributed by atoms with Crippen molar-refractivity contribution in [2.24, 2.45) is 0 Å². The Morgan fingerprint density at radius 3 is 2.00 bits per heavy atom. The van der Waals surface area contributed by atoms with Crippen molar-refractivity contribution in [3.8, 4) is 38.6 Å². The average molecular weight is 343 g/mol. The Morgan fingerprint density at radius 1 is 0.720 bits per heavy atom. The largest absolute Gasteiger partial charge is 0.496 e. The Kier molecular flexibility index (Phi) is 4.32. The van der Waals surface area contributed by atoms with Gasteiger partial charge in [-0.25, -0.2) is 0 Å². The summed E-state index contributed by atoms with van der Waals surface area (Å²) in [7, 11) is 1.71. The molecule has 0 unspecified atom stereocenters. The third-order valence-electron chi connectivity index (χ3n) is 4.15. The number of rotatable bonds is 4. The molecule has 1 aromatic heterocycles. The normalized spacial score (nSPS) is 10.6. The summed E-state index contributed by atoms with van der Waals surface area (Å²) in [6.07, 6.45) is 0. The van der Waals surface area contributed by atoms with Crippen LogP contribution in [-0.4, -0.2) is 11.5 Å². The maximum atomic E-state index is 5.63. The lowest BCUT2D eigenvalue weighted by Gasteiger charge is -2.11. The molecule has 0 amide bonds. The zero-order chi connectivity index (χ0) is 17.1. The van der Waals surface area contributed by atoms with Gasteiger partial charge in [-0.2, -0.15) is 4.37 Å². The Hall–Kier alpha value is -2.91. The molecule has 0 bridgehead atoms. The molecule has 0 spiro atoms. The first kappa shape index (κ1) is 15.6. The van der Waals surface area contributed by atoms with Crippen LogP contribution in [0.2, 0.25) is 0 Å². The summed E-state index contributed by atoms with van der Waals surface area (Å²) in [6, 6.07) is 28.8. The molecule has 0 aliphatic heterocycles. The molecule has 0 saturated heterocycles. The van der Waals surface area contributed by atoms with Crippen LogP contribution in [0.4, 0.5) is 0 Å². The minimum atomic E-state index is 0.858. The van der Waals surface area contributed by atoms with Gasteiger partial charge in [0.25, 0.3) is 0 Å². The smallest absolute Gasteiger partial charge is 0.126 e. The predicted octanol–water partition coefficient (Wildman–Crippen LogP) is 6.15. The van der Waals surface area contributed by atoms with E-state index >= 15 is 0 Å². The lowest BCUT2D eigenvalue weighted by Crippen LogP contribution is -1.90. The first-order valence-corrected chi connectivity index (χ1v) is 8.89. The first-order valence-electron chi connectivity index (χ1n) is 8.12. The van der Waals surface area contributed by atoms with Crippen molar-refractivity contribution in [2.75, 3.05) is 7.11 Å². The van der Waals surface area contributed by atoms with E-state index in [0.29, 0.717) is 0 Å². The third-order valence-corrected chi connectivity index (χ3v) is 5.05. The lowest BCUT2D eigenvalue weighted by molar-refractivity contribution is 0.416. The summed E-state index contributed by atoms with van der Waals surface area (Å²) in [6.45, 7) is 0. The lowest BCUT2D eigenvalue weighted by atomic mass is 9.96. The maximum Gasteiger partial charge on any atom is 0.126 e. The highest BCUT2D eigenvalue weighted by Gasteiger charge is 2.20. The molecular weight excluding hydrogens is 326 g/mol. The van der Waals surface area contributed by atoms with Gasteiger partial charge in [-0.15, -0.1) is 0 Å². The molecular formula is C22H17NOS. The zero-order valence-corrected chi connectivity index (χ0v) is 14.7. The van der Waals surface area contributed by atoms with Gasteiger partial charge in [0.1, 0.15) is 5.75 Å². The molecule has 2 nitrogen and oxygen atoms in total. The molecule has 0 aliphatic rings. The van der Waals surface area contributed by atoms with E-state index < -0.39 is 0 Å². The van der Waals surface area contributed by atoms with Gasteiger partial charge >= 0.3 is 0 Å². The summed E-state index contributed by atoms with van der Waals surface area (Å²) in [5, 5.41) is 0. The highest BCUT2D eigenvalue weighted by atomic mass is 32.1. The van der Waals surface area contributed by atoms with Crippen molar-refractivity contribution in [3.63, 3.8) is 0 Å². The van der Waals surface area contributed by atoms with Crippen molar-refractivity contribution >= 4 is 11.5 Å². The molecule has 3 aromatic carbocycles. The SMILES string of the molecule is COc1ccccc1-c1c(-c2ccccc2)nsc1-c1ccccc1. The second kappa shape index (κ2) is 6.91. The highest BCUT2D eigenvalue weighted by Crippen LogP contribution is 2.45. The van der Waals surface area contributed by atoms with Gasteiger partial charge < -0.3 is 4.74 Å². The Labute approximate surface area is 151 Å². The molecule has 122 valence electrons. The molecule has 25 heavy (non-hydrogen) atoms. The molecule has 3 heteroatoms. The molecule has 0 atom stereocenters. The van der Waals surface area contributed by atoms with E-state index in [-0.39, 0.29) is 0 Å². The van der Waals surface area contributed by atoms with Crippen LogP contribution in [0.1, 0.15) is 0 Å². The van der Waals surface area contributed by atoms with E-state index in [1.165, 1.54) is 17.1 Å². The summed E-state index contributed by atoms with van der Waals surface area (Å²) in [5.74, 6) is 0.858. The van der Waals surface area contributed by atoms with Crippen molar-refractivity contribution in [1.29, 1.82) is 0 Å². The minimum Gasteiger partial charge on any atom is -0.496 e. The quantitative estimate of drug-likeness (QED) is 0.443. The molecule has 0 aliphatic carbocycles. The number of hydrogen-bond acceptors (Lipinski definition) is 3. The van der Waals surface area contributed by atoms with Crippen LogP contribution >= 0.6 is 11.5 Å². The third kappa shape index (κ3) is 2.94. The molecule has 4 aromatic rings. The van der Waals surface area contributed by atoms with Crippen LogP contribution in [0.5, 0.6) is 5.75 Å². The fraction of sp³-hybridized carbons (Fsp3) is 0.0455. The number of methoxy groups -OCH3 is 1. The second-order valence-electron chi connectivity index (χ2n) is 5.67. The number of ether oxygens (including phenoxy) is 1. The van der Waals surface area contributed by atoms with Gasteiger partial charge in [-0.3, -0.25) is 0 Å². The molecule has 0 N–H and O–H groups in total. The van der Waals surface area contributed by atoms with E-state index in [9.17, 15) is 0 Å². The van der Waals surface area contributed by atoms with Crippen LogP contribution in [0.25, 0.3) is 32.8 Å². The van der Waals surface area contributed by atoms with Gasteiger partial charge in [0.15, 0.2) is 0 Å². The number of hydrogen-bond donors (Lipinski definition) is 0. The van der Waals surface area contributed by atoms with Crippen molar-refractivity contribution in [1.82, 2.24) is 4.37 Å². The summed E-state index contributed by atoms with van der Waals surface area (Å²) >= 11 is 1.53. The number of aromatic nitrogens is 1. The minimum absolute atomic E-state index is 0.858. The summed E-state index contributed by atoms with van der Waals surface area (Å²) in [4.78, 5) is 1.16. The molecule has 0 fully saturated rings. The Balaban J connectivity index is 2.01. The first-order chi connectivity index (χ1) is 12.4. The molecule has 1 heterocycles. The van der Waals surface area contributed by atoms with Gasteiger partial charge in [0.2, 0.25) is 0 Å². The van der Waals surface area contributed by atoms with Gasteiger partial charge in [-0.05, 0) is 23.2 Å². The summed E-state index contributed by atoms with van der Waals surface area (Å²) in [5.41, 5.74) is 5.47. The van der Waals surface area contributed by atoms with E-state index in [0.717, 1.165) is 33.0 Å². The van der Waals surface area contributed by atoms with E-state index in [1.54, 1.807) is 7.11 Å². The van der Waals surface area contributed by atoms with Crippen LogP contribution in [0.3, 0.4) is 0 Å². The van der Waals surface area contributed by atoms with Crippen molar-refractivity contribution in [3.05, 3.63) is 84.9 Å². The van der Waals surface area contributed by atoms with Crippen LogP contribution in [0.15, 0.2) is 84.9 Å². The van der Waals surface area contributed by atoms with Gasteiger partial charge in [0, 0.05) is 16.7 Å². The Morgan fingerprint density at radius 2 is 1.32 bits per heavy atom. The zero-order valence-electron chi connectivity index (χ0n) is 13.8. The monoisotopic (exact) mass is 343 g/mol. The molecule has 0 saturated carbocycles. The Bertz CT molecular complexity index is 920. The standard InChI is InChI=1S/C22H17NOS/c1-24-19-15-9-8-14-18(19)20-21(16-10-4-2-5-11-16)23-25-22(20)17-12-6-3-7-13-17/h2-15H,1H3. The van der Waals surface area contributed by atoms with E-state index in [2.05, 4.69) is 42.5 Å². The van der Waals surface area contributed by atoms with Crippen LogP contribution < -0.4 is 4.74 Å². The molecule has 0 radical (unpaired) electrons. The number of para-hydroxylation sites is 1. The topological polar surface area (TPSA) is 22.1 Å². The summed E-state index contributed by atoms with van der Waals surface area (Å²) < 4.78 is 10.4. The van der Waals surface area contributed by atoms with Gasteiger partial charge in [0.05, 0.1) is 17.7 Å².